The summed E-state index contributed by atoms with van der Waals surface area (Å²) in [5, 5.41) is 0.677. The Bertz CT molecular complexity index is 1190. The van der Waals surface area contributed by atoms with E-state index in [2.05, 4.69) is 4.40 Å². The maximum atomic E-state index is 13.9. The minimum atomic E-state index is -3.17. The number of carbonyl (C=O) groups is 1. The van der Waals surface area contributed by atoms with Crippen molar-refractivity contribution in [3.63, 3.8) is 0 Å². The molecule has 0 bridgehead atoms. The van der Waals surface area contributed by atoms with E-state index >= 15 is 0 Å². The molecule has 0 radical (unpaired) electrons. The highest BCUT2D eigenvalue weighted by Crippen LogP contribution is 2.56. The monoisotopic (exact) mass is 416 g/mol. The van der Waals surface area contributed by atoms with Crippen LogP contribution in [0.3, 0.4) is 0 Å². The van der Waals surface area contributed by atoms with Gasteiger partial charge in [0, 0.05) is 22.7 Å². The molecule has 4 rings (SSSR count). The van der Waals surface area contributed by atoms with Gasteiger partial charge in [-0.1, -0.05) is 16.8 Å². The zero-order chi connectivity index (χ0) is 21.1. The third-order valence-corrected chi connectivity index (χ3v) is 6.07. The van der Waals surface area contributed by atoms with Crippen LogP contribution >= 0.6 is 10.8 Å². The smallest absolute Gasteiger partial charge is 0.419 e. The predicted molar refractivity (Wildman–Crippen MR) is 112 cm³/mol. The molecule has 0 atom stereocenters. The van der Waals surface area contributed by atoms with Gasteiger partial charge < -0.3 is 4.74 Å². The molecule has 2 N–H and O–H groups in total. The number of fused-ring (bicyclic) bond motifs is 2. The van der Waals surface area contributed by atoms with Crippen LogP contribution in [0.5, 0.6) is 0 Å². The van der Waals surface area contributed by atoms with Crippen LogP contribution in [0.25, 0.3) is 22.0 Å². The molecule has 0 fully saturated rings. The van der Waals surface area contributed by atoms with Crippen molar-refractivity contribution in [2.24, 2.45) is 4.40 Å². The van der Waals surface area contributed by atoms with Crippen LogP contribution < -0.4 is 0 Å². The van der Waals surface area contributed by atoms with Crippen LogP contribution in [-0.4, -0.2) is 31.1 Å². The number of rotatable bonds is 1. The van der Waals surface area contributed by atoms with Crippen molar-refractivity contribution in [3.8, 4) is 11.1 Å². The van der Waals surface area contributed by atoms with Gasteiger partial charge in [0.1, 0.15) is 11.4 Å². The van der Waals surface area contributed by atoms with E-state index in [4.69, 9.17) is 4.74 Å². The second kappa shape index (κ2) is 6.41. The summed E-state index contributed by atoms with van der Waals surface area (Å²) in [5.41, 5.74) is 2.31. The summed E-state index contributed by atoms with van der Waals surface area (Å²) in [6.45, 7) is 7.00. The Kier molecular flexibility index (Phi) is 4.34. The summed E-state index contributed by atoms with van der Waals surface area (Å²) in [7, 11) is -3.17. The van der Waals surface area contributed by atoms with Gasteiger partial charge in [-0.15, -0.1) is 0 Å². The molecule has 6 nitrogen and oxygen atoms in total. The fourth-order valence-electron chi connectivity index (χ4n) is 3.40. The zero-order valence-corrected chi connectivity index (χ0v) is 17.2. The van der Waals surface area contributed by atoms with Crippen molar-refractivity contribution in [3.05, 3.63) is 54.0 Å². The molecule has 0 amide bonds. The molecule has 0 aliphatic carbocycles. The average molecular weight is 416 g/mol. The highest BCUT2D eigenvalue weighted by molar-refractivity contribution is 8.23. The zero-order valence-electron chi connectivity index (χ0n) is 16.4. The lowest BCUT2D eigenvalue weighted by molar-refractivity contribution is 0.0544. The number of nitrogens with zero attached hydrogens (tertiary/aromatic N) is 2. The Hall–Kier alpha value is -2.68. The maximum absolute atomic E-state index is 13.9. The summed E-state index contributed by atoms with van der Waals surface area (Å²) in [6, 6.07) is 9.40. The largest absolute Gasteiger partial charge is 0.443 e. The summed E-state index contributed by atoms with van der Waals surface area (Å²) < 4.78 is 44.8. The van der Waals surface area contributed by atoms with E-state index < -0.39 is 28.3 Å². The molecule has 1 aliphatic heterocycles. The minimum Gasteiger partial charge on any atom is -0.443 e. The molecule has 152 valence electrons. The highest BCUT2D eigenvalue weighted by atomic mass is 32.3. The molecule has 1 aliphatic rings. The van der Waals surface area contributed by atoms with Crippen LogP contribution in [0.4, 0.5) is 9.18 Å². The first-order chi connectivity index (χ1) is 13.5. The standard InChI is InChI=1S/C21H21FN2O4S/c1-12-16-9-13(5-8-19(16)29(26,27)23-12)17-11-24(20(25)28-21(2,3)4)18-10-14(22)6-7-15(17)18/h5-11,26-27H,1-4H3. The number of carbonyl (C=O) groups excluding carboxylic acids is 1. The quantitative estimate of drug-likeness (QED) is 0.504. The van der Waals surface area contributed by atoms with E-state index in [9.17, 15) is 18.3 Å². The van der Waals surface area contributed by atoms with Crippen molar-refractivity contribution in [2.75, 3.05) is 0 Å². The fourth-order valence-corrected chi connectivity index (χ4v) is 4.73. The SMILES string of the molecule is CC1=NS(O)(O)c2ccc(-c3cn(C(=O)OC(C)(C)C)c4cc(F)ccc34)cc21. The van der Waals surface area contributed by atoms with Crippen LogP contribution in [0.2, 0.25) is 0 Å². The number of benzene rings is 2. The molecule has 3 aromatic rings. The summed E-state index contributed by atoms with van der Waals surface area (Å²) in [4.78, 5) is 13.1. The number of hydrogen-bond acceptors (Lipinski definition) is 5. The van der Waals surface area contributed by atoms with E-state index in [1.54, 1.807) is 58.2 Å². The van der Waals surface area contributed by atoms with Crippen molar-refractivity contribution < 1.29 is 23.0 Å². The molecular weight excluding hydrogens is 395 g/mol. The molecule has 0 unspecified atom stereocenters. The Balaban J connectivity index is 1.89. The van der Waals surface area contributed by atoms with E-state index in [-0.39, 0.29) is 0 Å². The van der Waals surface area contributed by atoms with E-state index in [0.717, 1.165) is 5.56 Å². The average Bonchev–Trinajstić information content (AvgIpc) is 3.08. The first-order valence-electron chi connectivity index (χ1n) is 9.00. The van der Waals surface area contributed by atoms with Crippen LogP contribution in [-0.2, 0) is 4.74 Å². The van der Waals surface area contributed by atoms with Crippen LogP contribution in [0.1, 0.15) is 33.3 Å². The maximum Gasteiger partial charge on any atom is 0.419 e. The highest BCUT2D eigenvalue weighted by Gasteiger charge is 2.28. The lowest BCUT2D eigenvalue weighted by Crippen LogP contribution is -2.26. The molecule has 2 heterocycles. The first-order valence-corrected chi connectivity index (χ1v) is 10.5. The summed E-state index contributed by atoms with van der Waals surface area (Å²) in [6.07, 6.45) is 1.01. The molecule has 0 spiro atoms. The third-order valence-electron chi connectivity index (χ3n) is 4.60. The van der Waals surface area contributed by atoms with Gasteiger partial charge in [0.2, 0.25) is 0 Å². The van der Waals surface area contributed by atoms with Gasteiger partial charge in [-0.2, -0.15) is 4.40 Å². The molecule has 1 aromatic heterocycles. The topological polar surface area (TPSA) is 84.1 Å². The molecular formula is C21H21FN2O4S. The van der Waals surface area contributed by atoms with E-state index in [1.807, 2.05) is 0 Å². The van der Waals surface area contributed by atoms with Gasteiger partial charge in [-0.25, -0.2) is 9.18 Å². The summed E-state index contributed by atoms with van der Waals surface area (Å²) >= 11 is 0. The third kappa shape index (κ3) is 3.43. The second-order valence-electron chi connectivity index (χ2n) is 7.96. The molecule has 2 aromatic carbocycles. The van der Waals surface area contributed by atoms with Gasteiger partial charge in [-0.05, 0) is 63.6 Å². The van der Waals surface area contributed by atoms with Crippen molar-refractivity contribution in [1.82, 2.24) is 4.57 Å². The van der Waals surface area contributed by atoms with Crippen molar-refractivity contribution in [1.29, 1.82) is 0 Å². The Morgan fingerprint density at radius 1 is 1.14 bits per heavy atom. The van der Waals surface area contributed by atoms with Gasteiger partial charge in [0.25, 0.3) is 0 Å². The second-order valence-corrected chi connectivity index (χ2v) is 9.62. The predicted octanol–water partition coefficient (Wildman–Crippen LogP) is 6.08. The molecule has 8 heteroatoms. The lowest BCUT2D eigenvalue weighted by atomic mass is 10.0. The van der Waals surface area contributed by atoms with Gasteiger partial charge in [-0.3, -0.25) is 13.7 Å². The van der Waals surface area contributed by atoms with Gasteiger partial charge in [0.05, 0.1) is 16.1 Å². The Labute approximate surface area is 169 Å². The Morgan fingerprint density at radius 2 is 1.86 bits per heavy atom. The number of aromatic nitrogens is 1. The van der Waals surface area contributed by atoms with Crippen molar-refractivity contribution in [2.45, 2.75) is 38.2 Å². The minimum absolute atomic E-state index is 0.376. The Morgan fingerprint density at radius 3 is 2.55 bits per heavy atom. The normalized spacial score (nSPS) is 16.4. The number of ether oxygens (including phenoxy) is 1. The number of hydrogen-bond donors (Lipinski definition) is 2. The molecule has 29 heavy (non-hydrogen) atoms. The van der Waals surface area contributed by atoms with E-state index in [0.29, 0.717) is 32.6 Å². The molecule has 0 saturated heterocycles. The molecule has 0 saturated carbocycles. The van der Waals surface area contributed by atoms with E-state index in [1.165, 1.54) is 16.7 Å². The van der Waals surface area contributed by atoms with Crippen molar-refractivity contribution >= 4 is 33.5 Å². The van der Waals surface area contributed by atoms with Gasteiger partial charge >= 0.3 is 6.09 Å². The number of halogens is 1. The lowest BCUT2D eigenvalue weighted by Gasteiger charge is -2.23. The van der Waals surface area contributed by atoms with Crippen LogP contribution in [0.15, 0.2) is 51.9 Å². The van der Waals surface area contributed by atoms with Crippen LogP contribution in [0, 0.1) is 5.82 Å². The summed E-state index contributed by atoms with van der Waals surface area (Å²) in [5.74, 6) is -0.460. The fraction of sp³-hybridized carbons (Fsp3) is 0.238. The van der Waals surface area contributed by atoms with Gasteiger partial charge in [0.15, 0.2) is 0 Å². The first kappa shape index (κ1) is 19.6.